The molecule has 0 rings (SSSR count). The van der Waals surface area contributed by atoms with Crippen LogP contribution in [0.25, 0.3) is 0 Å². The normalized spacial score (nSPS) is 13.5. The Morgan fingerprint density at radius 2 is 1.55 bits per heavy atom. The van der Waals surface area contributed by atoms with Crippen molar-refractivity contribution in [1.29, 1.82) is 0 Å². The summed E-state index contributed by atoms with van der Waals surface area (Å²) in [6.45, 7) is 12.8. The van der Waals surface area contributed by atoms with Gasteiger partial charge >= 0.3 is 0 Å². The fraction of sp³-hybridized carbons (Fsp3) is 0.714. The molecular weight excluding hydrogens is 372 g/mol. The maximum absolute atomic E-state index is 13.2. The van der Waals surface area contributed by atoms with E-state index in [1.54, 1.807) is 54.7 Å². The number of likely N-dealkylation sites (N-methyl/N-ethyl adjacent to an activating group) is 2. The summed E-state index contributed by atoms with van der Waals surface area (Å²) >= 11 is 0. The first-order valence-corrected chi connectivity index (χ1v) is 9.83. The number of rotatable bonds is 10. The summed E-state index contributed by atoms with van der Waals surface area (Å²) in [4.78, 5) is 51.1. The van der Waals surface area contributed by atoms with Crippen molar-refractivity contribution < 1.29 is 19.2 Å². The Labute approximate surface area is 174 Å². The van der Waals surface area contributed by atoms with Crippen LogP contribution in [0.1, 0.15) is 54.9 Å². The largest absolute Gasteiger partial charge is 0.353 e. The summed E-state index contributed by atoms with van der Waals surface area (Å²) < 4.78 is 0. The molecule has 8 nitrogen and oxygen atoms in total. The predicted octanol–water partition coefficient (Wildman–Crippen LogP) is 1.22. The van der Waals surface area contributed by atoms with Crippen LogP contribution in [0.15, 0.2) is 11.8 Å². The number of ketones is 1. The molecule has 0 aromatic carbocycles. The fourth-order valence-corrected chi connectivity index (χ4v) is 2.83. The summed E-state index contributed by atoms with van der Waals surface area (Å²) in [7, 11) is 3.30. The third kappa shape index (κ3) is 9.21. The van der Waals surface area contributed by atoms with Crippen molar-refractivity contribution >= 4 is 23.5 Å². The predicted molar refractivity (Wildman–Crippen MR) is 114 cm³/mol. The van der Waals surface area contributed by atoms with Crippen LogP contribution in [0.5, 0.6) is 0 Å². The van der Waals surface area contributed by atoms with Crippen LogP contribution in [0.4, 0.5) is 0 Å². The second kappa shape index (κ2) is 11.1. The molecule has 0 aromatic rings. The van der Waals surface area contributed by atoms with E-state index in [0.717, 1.165) is 0 Å². The SMILES string of the molecule is CNCCNC(=O)C(CC(=O)C(C)(C)C)N(C)C(=O)C(C)(C)/C=C(\C)NC(C)=O. The number of carbonyl (C=O) groups is 4. The van der Waals surface area contributed by atoms with Gasteiger partial charge in [-0.25, -0.2) is 0 Å². The van der Waals surface area contributed by atoms with Gasteiger partial charge in [-0.05, 0) is 27.8 Å². The molecule has 0 bridgehead atoms. The number of hydrogen-bond donors (Lipinski definition) is 3. The number of allylic oxidation sites excluding steroid dienone is 1. The van der Waals surface area contributed by atoms with Crippen molar-refractivity contribution in [2.45, 2.75) is 60.9 Å². The van der Waals surface area contributed by atoms with Crippen LogP contribution >= 0.6 is 0 Å². The van der Waals surface area contributed by atoms with Gasteiger partial charge < -0.3 is 20.9 Å². The van der Waals surface area contributed by atoms with Crippen LogP contribution in [0.2, 0.25) is 0 Å². The minimum atomic E-state index is -0.977. The van der Waals surface area contributed by atoms with E-state index < -0.39 is 16.9 Å². The highest BCUT2D eigenvalue weighted by Crippen LogP contribution is 2.25. The van der Waals surface area contributed by atoms with Crippen LogP contribution in [-0.4, -0.2) is 61.6 Å². The van der Waals surface area contributed by atoms with E-state index in [1.165, 1.54) is 18.9 Å². The molecule has 0 radical (unpaired) electrons. The summed E-state index contributed by atoms with van der Waals surface area (Å²) in [6.07, 6.45) is 1.58. The van der Waals surface area contributed by atoms with E-state index in [-0.39, 0.29) is 29.9 Å². The van der Waals surface area contributed by atoms with Crippen molar-refractivity contribution in [3.63, 3.8) is 0 Å². The lowest BCUT2D eigenvalue weighted by Gasteiger charge is -2.34. The van der Waals surface area contributed by atoms with Crippen LogP contribution in [0.3, 0.4) is 0 Å². The van der Waals surface area contributed by atoms with Crippen molar-refractivity contribution in [2.75, 3.05) is 27.2 Å². The van der Waals surface area contributed by atoms with Crippen molar-refractivity contribution in [3.05, 3.63) is 11.8 Å². The average Bonchev–Trinajstić information content (AvgIpc) is 2.55. The first kappa shape index (κ1) is 26.8. The highest BCUT2D eigenvalue weighted by Gasteiger charge is 2.37. The third-order valence-corrected chi connectivity index (χ3v) is 4.48. The van der Waals surface area contributed by atoms with Gasteiger partial charge in [0.25, 0.3) is 0 Å². The van der Waals surface area contributed by atoms with Gasteiger partial charge in [-0.2, -0.15) is 0 Å². The van der Waals surface area contributed by atoms with Gasteiger partial charge in [-0.3, -0.25) is 19.2 Å². The molecule has 0 fully saturated rings. The molecule has 0 spiro atoms. The van der Waals surface area contributed by atoms with E-state index in [0.29, 0.717) is 18.8 Å². The molecule has 8 heteroatoms. The molecule has 0 saturated heterocycles. The molecule has 166 valence electrons. The van der Waals surface area contributed by atoms with Gasteiger partial charge in [0.15, 0.2) is 0 Å². The minimum Gasteiger partial charge on any atom is -0.353 e. The standard InChI is InChI=1S/C21H38N4O4/c1-14(24-15(2)26)13-21(6,7)19(29)25(9)16(12-17(27)20(3,4)5)18(28)23-11-10-22-8/h13,16,22H,10-12H2,1-9H3,(H,23,28)(H,24,26)/b14-13+. The molecule has 0 saturated carbocycles. The van der Waals surface area contributed by atoms with Crippen molar-refractivity contribution in [1.82, 2.24) is 20.9 Å². The summed E-state index contributed by atoms with van der Waals surface area (Å²) in [6, 6.07) is -0.917. The Balaban J connectivity index is 5.67. The molecule has 3 N–H and O–H groups in total. The smallest absolute Gasteiger partial charge is 0.243 e. The Kier molecular flexibility index (Phi) is 10.2. The number of nitrogens with zero attached hydrogens (tertiary/aromatic N) is 1. The van der Waals surface area contributed by atoms with Gasteiger partial charge in [0.2, 0.25) is 17.7 Å². The second-order valence-corrected chi connectivity index (χ2v) is 8.93. The molecule has 1 unspecified atom stereocenters. The first-order valence-electron chi connectivity index (χ1n) is 9.83. The molecule has 1 atom stereocenters. The van der Waals surface area contributed by atoms with Crippen LogP contribution in [0, 0.1) is 10.8 Å². The molecule has 0 heterocycles. The lowest BCUT2D eigenvalue weighted by atomic mass is 9.85. The Bertz CT molecular complexity index is 648. The number of carbonyl (C=O) groups excluding carboxylic acids is 4. The van der Waals surface area contributed by atoms with Gasteiger partial charge in [-0.1, -0.05) is 26.8 Å². The fourth-order valence-electron chi connectivity index (χ4n) is 2.83. The summed E-state index contributed by atoms with van der Waals surface area (Å²) in [5.74, 6) is -1.02. The Morgan fingerprint density at radius 1 is 1.00 bits per heavy atom. The summed E-state index contributed by atoms with van der Waals surface area (Å²) in [5.41, 5.74) is -1.05. The maximum Gasteiger partial charge on any atom is 0.243 e. The number of hydrogen-bond acceptors (Lipinski definition) is 5. The zero-order valence-electron chi connectivity index (χ0n) is 19.4. The van der Waals surface area contributed by atoms with E-state index in [4.69, 9.17) is 0 Å². The first-order chi connectivity index (χ1) is 13.1. The van der Waals surface area contributed by atoms with E-state index in [9.17, 15) is 19.2 Å². The van der Waals surface area contributed by atoms with Crippen molar-refractivity contribution in [3.8, 4) is 0 Å². The molecule has 0 aliphatic heterocycles. The topological polar surface area (TPSA) is 108 Å². The number of nitrogens with one attached hydrogen (secondary N) is 3. The van der Waals surface area contributed by atoms with Gasteiger partial charge in [0, 0.05) is 44.6 Å². The molecule has 0 aliphatic rings. The molecule has 3 amide bonds. The zero-order chi connectivity index (χ0) is 23.0. The monoisotopic (exact) mass is 410 g/mol. The number of Topliss-reactive ketones (excluding diaryl/α,β-unsaturated/α-hetero) is 1. The highest BCUT2D eigenvalue weighted by molar-refractivity contribution is 5.95. The molecule has 0 aliphatic carbocycles. The molecular formula is C21H38N4O4. The van der Waals surface area contributed by atoms with Gasteiger partial charge in [-0.15, -0.1) is 0 Å². The van der Waals surface area contributed by atoms with E-state index >= 15 is 0 Å². The Morgan fingerprint density at radius 3 is 2.00 bits per heavy atom. The van der Waals surface area contributed by atoms with E-state index in [1.807, 2.05) is 0 Å². The lowest BCUT2D eigenvalue weighted by Crippen LogP contribution is -2.53. The highest BCUT2D eigenvalue weighted by atomic mass is 16.2. The van der Waals surface area contributed by atoms with Crippen LogP contribution in [-0.2, 0) is 19.2 Å². The Hall–Kier alpha value is -2.22. The lowest BCUT2D eigenvalue weighted by molar-refractivity contribution is -0.146. The second-order valence-electron chi connectivity index (χ2n) is 8.93. The minimum absolute atomic E-state index is 0.0679. The average molecular weight is 411 g/mol. The maximum atomic E-state index is 13.2. The molecule has 0 aromatic heterocycles. The zero-order valence-corrected chi connectivity index (χ0v) is 19.4. The van der Waals surface area contributed by atoms with Crippen molar-refractivity contribution in [2.24, 2.45) is 10.8 Å². The van der Waals surface area contributed by atoms with Crippen LogP contribution < -0.4 is 16.0 Å². The van der Waals surface area contributed by atoms with E-state index in [2.05, 4.69) is 16.0 Å². The quantitative estimate of drug-likeness (QED) is 0.470. The molecule has 29 heavy (non-hydrogen) atoms. The summed E-state index contributed by atoms with van der Waals surface area (Å²) in [5, 5.41) is 8.35. The number of amides is 3. The van der Waals surface area contributed by atoms with Gasteiger partial charge in [0.05, 0.1) is 5.41 Å². The third-order valence-electron chi connectivity index (χ3n) is 4.48. The van der Waals surface area contributed by atoms with Gasteiger partial charge in [0.1, 0.15) is 11.8 Å².